The smallest absolute Gasteiger partial charge is 0.240 e. The van der Waals surface area contributed by atoms with Crippen molar-refractivity contribution in [2.24, 2.45) is 17.6 Å². The van der Waals surface area contributed by atoms with Crippen LogP contribution < -0.4 is 15.4 Å². The molecule has 1 aromatic rings. The van der Waals surface area contributed by atoms with Gasteiger partial charge in [0.05, 0.1) is 4.90 Å². The average molecular weight is 309 g/mol. The quantitative estimate of drug-likeness (QED) is 0.878. The number of benzene rings is 1. The van der Waals surface area contributed by atoms with E-state index in [0.717, 1.165) is 37.5 Å². The van der Waals surface area contributed by atoms with Gasteiger partial charge in [0, 0.05) is 24.8 Å². The zero-order valence-electron chi connectivity index (χ0n) is 12.3. The Labute approximate surface area is 126 Å². The first-order chi connectivity index (χ1) is 9.99. The lowest BCUT2D eigenvalue weighted by molar-refractivity contribution is 0.271. The van der Waals surface area contributed by atoms with Crippen molar-refractivity contribution in [2.45, 2.75) is 30.2 Å². The van der Waals surface area contributed by atoms with E-state index in [4.69, 9.17) is 5.73 Å². The molecule has 5 nitrogen and oxygen atoms in total. The van der Waals surface area contributed by atoms with Gasteiger partial charge in [-0.2, -0.15) is 0 Å². The van der Waals surface area contributed by atoms with Crippen molar-refractivity contribution < 1.29 is 8.42 Å². The van der Waals surface area contributed by atoms with Gasteiger partial charge in [0.1, 0.15) is 0 Å². The monoisotopic (exact) mass is 309 g/mol. The van der Waals surface area contributed by atoms with Crippen molar-refractivity contribution in [3.63, 3.8) is 0 Å². The van der Waals surface area contributed by atoms with Crippen molar-refractivity contribution in [3.05, 3.63) is 24.3 Å². The van der Waals surface area contributed by atoms with Gasteiger partial charge in [0.15, 0.2) is 0 Å². The number of rotatable bonds is 3. The summed E-state index contributed by atoms with van der Waals surface area (Å²) in [4.78, 5) is 2.68. The van der Waals surface area contributed by atoms with Crippen LogP contribution in [0.15, 0.2) is 29.2 Å². The van der Waals surface area contributed by atoms with Crippen molar-refractivity contribution in [3.8, 4) is 0 Å². The molecule has 0 radical (unpaired) electrons. The van der Waals surface area contributed by atoms with Gasteiger partial charge in [-0.1, -0.05) is 0 Å². The third kappa shape index (κ3) is 2.93. The molecule has 1 aliphatic carbocycles. The molecule has 0 aromatic heterocycles. The van der Waals surface area contributed by atoms with Crippen LogP contribution in [0.1, 0.15) is 19.3 Å². The number of sulfonamides is 1. The lowest BCUT2D eigenvalue weighted by Gasteiger charge is -2.27. The first kappa shape index (κ1) is 14.8. The number of fused-ring (bicyclic) bond motifs is 1. The van der Waals surface area contributed by atoms with Crippen LogP contribution >= 0.6 is 0 Å². The third-order valence-electron chi connectivity index (χ3n) is 4.87. The minimum Gasteiger partial charge on any atom is -0.371 e. The number of nitrogens with zero attached hydrogens (tertiary/aromatic N) is 1. The Kier molecular flexibility index (Phi) is 3.94. The Bertz CT molecular complexity index is 600. The van der Waals surface area contributed by atoms with Gasteiger partial charge in [0.2, 0.25) is 10.0 Å². The minimum absolute atomic E-state index is 0.312. The molecule has 2 fully saturated rings. The number of anilines is 1. The van der Waals surface area contributed by atoms with E-state index < -0.39 is 10.0 Å². The Morgan fingerprint density at radius 2 is 1.81 bits per heavy atom. The molecule has 0 spiro atoms. The second-order valence-corrected chi connectivity index (χ2v) is 8.09. The zero-order chi connectivity index (χ0) is 15.0. The molecular formula is C15H23N3O2S. The van der Waals surface area contributed by atoms with Crippen molar-refractivity contribution in [1.29, 1.82) is 0 Å². The van der Waals surface area contributed by atoms with E-state index in [1.165, 1.54) is 13.5 Å². The van der Waals surface area contributed by atoms with Gasteiger partial charge in [-0.15, -0.1) is 0 Å². The summed E-state index contributed by atoms with van der Waals surface area (Å²) in [5.41, 5.74) is 7.17. The van der Waals surface area contributed by atoms with Crippen LogP contribution in [0.5, 0.6) is 0 Å². The fourth-order valence-corrected chi connectivity index (χ4v) is 4.36. The molecule has 116 valence electrons. The predicted octanol–water partition coefficient (Wildman–Crippen LogP) is 1.16. The lowest BCUT2D eigenvalue weighted by Crippen LogP contribution is -2.32. The highest BCUT2D eigenvalue weighted by Gasteiger charge is 2.36. The molecule has 1 saturated carbocycles. The fourth-order valence-electron chi connectivity index (χ4n) is 3.63. The summed E-state index contributed by atoms with van der Waals surface area (Å²) in [6.45, 7) is 2.10. The van der Waals surface area contributed by atoms with E-state index in [-0.39, 0.29) is 0 Å². The number of nitrogens with two attached hydrogens (primary N) is 1. The molecule has 3 atom stereocenters. The molecule has 6 heteroatoms. The first-order valence-electron chi connectivity index (χ1n) is 7.54. The van der Waals surface area contributed by atoms with Gasteiger partial charge < -0.3 is 10.6 Å². The van der Waals surface area contributed by atoms with E-state index in [9.17, 15) is 8.42 Å². The molecule has 1 heterocycles. The second kappa shape index (κ2) is 5.59. The molecule has 1 saturated heterocycles. The van der Waals surface area contributed by atoms with Gasteiger partial charge in [-0.05, 0) is 62.4 Å². The molecular weight excluding hydrogens is 286 g/mol. The van der Waals surface area contributed by atoms with E-state index in [1.807, 2.05) is 12.1 Å². The zero-order valence-corrected chi connectivity index (χ0v) is 13.1. The van der Waals surface area contributed by atoms with Crippen LogP contribution in [-0.4, -0.2) is 34.6 Å². The fraction of sp³-hybridized carbons (Fsp3) is 0.600. The topological polar surface area (TPSA) is 75.4 Å². The normalized spacial score (nSPS) is 29.4. The summed E-state index contributed by atoms with van der Waals surface area (Å²) < 4.78 is 25.8. The summed E-state index contributed by atoms with van der Waals surface area (Å²) in [7, 11) is -1.92. The molecule has 3 N–H and O–H groups in total. The molecule has 2 aliphatic rings. The Morgan fingerprint density at radius 3 is 2.48 bits per heavy atom. The summed E-state index contributed by atoms with van der Waals surface area (Å²) in [6, 6.07) is 7.52. The maximum atomic E-state index is 11.7. The van der Waals surface area contributed by atoms with Gasteiger partial charge in [0.25, 0.3) is 0 Å². The van der Waals surface area contributed by atoms with Crippen LogP contribution in [-0.2, 0) is 10.0 Å². The highest BCUT2D eigenvalue weighted by atomic mass is 32.2. The van der Waals surface area contributed by atoms with Crippen molar-refractivity contribution in [1.82, 2.24) is 4.72 Å². The third-order valence-corrected chi connectivity index (χ3v) is 6.30. The summed E-state index contributed by atoms with van der Waals surface area (Å²) in [5.74, 6) is 1.43. The second-order valence-electron chi connectivity index (χ2n) is 6.20. The number of hydrogen-bond acceptors (Lipinski definition) is 4. The summed E-state index contributed by atoms with van der Waals surface area (Å²) in [5, 5.41) is 0. The highest BCUT2D eigenvalue weighted by Crippen LogP contribution is 2.37. The number of hydrogen-bond donors (Lipinski definition) is 2. The largest absolute Gasteiger partial charge is 0.371 e. The van der Waals surface area contributed by atoms with E-state index in [2.05, 4.69) is 9.62 Å². The SMILES string of the molecule is CNS(=O)(=O)c1ccc(N2C[C@H]3CCC(N)C[C@H]3C2)cc1. The van der Waals surface area contributed by atoms with Crippen LogP contribution in [0.25, 0.3) is 0 Å². The maximum Gasteiger partial charge on any atom is 0.240 e. The molecule has 1 aromatic carbocycles. The average Bonchev–Trinajstić information content (AvgIpc) is 2.90. The van der Waals surface area contributed by atoms with Gasteiger partial charge in [-0.3, -0.25) is 0 Å². The van der Waals surface area contributed by atoms with Gasteiger partial charge >= 0.3 is 0 Å². The predicted molar refractivity (Wildman–Crippen MR) is 83.7 cm³/mol. The van der Waals surface area contributed by atoms with E-state index in [0.29, 0.717) is 16.9 Å². The summed E-state index contributed by atoms with van der Waals surface area (Å²) in [6.07, 6.45) is 3.47. The standard InChI is InChI=1S/C15H23N3O2S/c1-17-21(19,20)15-6-4-14(5-7-15)18-9-11-2-3-13(16)8-12(11)10-18/h4-7,11-13,17H,2-3,8-10,16H2,1H3/t11-,12+,13?/m1/s1. The van der Waals surface area contributed by atoms with Crippen molar-refractivity contribution >= 4 is 15.7 Å². The maximum absolute atomic E-state index is 11.7. The summed E-state index contributed by atoms with van der Waals surface area (Å²) >= 11 is 0. The molecule has 21 heavy (non-hydrogen) atoms. The lowest BCUT2D eigenvalue weighted by atomic mass is 9.79. The van der Waals surface area contributed by atoms with E-state index >= 15 is 0 Å². The van der Waals surface area contributed by atoms with E-state index in [1.54, 1.807) is 12.1 Å². The van der Waals surface area contributed by atoms with Crippen molar-refractivity contribution in [2.75, 3.05) is 25.0 Å². The van der Waals surface area contributed by atoms with Crippen LogP contribution in [0.4, 0.5) is 5.69 Å². The number of nitrogens with one attached hydrogen (secondary N) is 1. The Balaban J connectivity index is 1.74. The molecule has 0 amide bonds. The van der Waals surface area contributed by atoms with Crippen LogP contribution in [0, 0.1) is 11.8 Å². The van der Waals surface area contributed by atoms with Crippen LogP contribution in [0.3, 0.4) is 0 Å². The van der Waals surface area contributed by atoms with Gasteiger partial charge in [-0.25, -0.2) is 13.1 Å². The first-order valence-corrected chi connectivity index (χ1v) is 9.02. The molecule has 1 unspecified atom stereocenters. The van der Waals surface area contributed by atoms with Crippen LogP contribution in [0.2, 0.25) is 0 Å². The molecule has 1 aliphatic heterocycles. The highest BCUT2D eigenvalue weighted by molar-refractivity contribution is 7.89. The molecule has 3 rings (SSSR count). The Morgan fingerprint density at radius 1 is 1.14 bits per heavy atom. The minimum atomic E-state index is -3.35. The Hall–Kier alpha value is -1.11. The molecule has 0 bridgehead atoms.